The molecule has 6 heteroatoms. The fraction of sp³-hybridized carbons (Fsp3) is 0.833. The smallest absolute Gasteiger partial charge is 0.140 e. The quantitative estimate of drug-likeness (QED) is 0.299. The van der Waals surface area contributed by atoms with Gasteiger partial charge in [0.2, 0.25) is 0 Å². The summed E-state index contributed by atoms with van der Waals surface area (Å²) in [6, 6.07) is 0. The molecule has 0 aromatic rings. The van der Waals surface area contributed by atoms with Gasteiger partial charge in [0, 0.05) is 0 Å². The Kier molecular flexibility index (Phi) is 5.36. The molecule has 0 aromatic heterocycles. The van der Waals surface area contributed by atoms with Crippen LogP contribution in [0.4, 0.5) is 0 Å². The second kappa shape index (κ2) is 5.45. The minimum atomic E-state index is -1.62. The van der Waals surface area contributed by atoms with E-state index >= 15 is 0 Å². The third-order valence-electron chi connectivity index (χ3n) is 1.39. The monoisotopic (exact) mass is 198 g/mol. The van der Waals surface area contributed by atoms with Crippen molar-refractivity contribution in [3.8, 4) is 0 Å². The molecule has 0 saturated carbocycles. The molecule has 0 fully saturated rings. The van der Waals surface area contributed by atoms with Crippen LogP contribution in [0.15, 0.2) is 0 Å². The number of hydrogen-bond acceptors (Lipinski definition) is 5. The van der Waals surface area contributed by atoms with Gasteiger partial charge < -0.3 is 25.2 Å². The summed E-state index contributed by atoms with van der Waals surface area (Å²) in [4.78, 5) is 10.0. The van der Waals surface area contributed by atoms with Crippen molar-refractivity contribution in [1.82, 2.24) is 0 Å². The zero-order chi connectivity index (χ0) is 9.72. The molecule has 0 aliphatic carbocycles. The summed E-state index contributed by atoms with van der Waals surface area (Å²) < 4.78 is 0. The summed E-state index contributed by atoms with van der Waals surface area (Å²) in [7, 11) is 0. The van der Waals surface area contributed by atoms with Crippen LogP contribution in [0.1, 0.15) is 0 Å². The van der Waals surface area contributed by atoms with E-state index in [4.69, 9.17) is 32.0 Å². The maximum Gasteiger partial charge on any atom is 0.140 e. The Balaban J connectivity index is 4.07. The first kappa shape index (κ1) is 11.8. The molecule has 4 N–H and O–H groups in total. The van der Waals surface area contributed by atoms with Crippen LogP contribution < -0.4 is 0 Å². The zero-order valence-corrected chi connectivity index (χ0v) is 6.92. The van der Waals surface area contributed by atoms with Crippen molar-refractivity contribution in [2.24, 2.45) is 0 Å². The van der Waals surface area contributed by atoms with Crippen molar-refractivity contribution in [3.63, 3.8) is 0 Å². The van der Waals surface area contributed by atoms with Crippen LogP contribution in [0, 0.1) is 0 Å². The van der Waals surface area contributed by atoms with Crippen LogP contribution in [0.5, 0.6) is 0 Å². The van der Waals surface area contributed by atoms with Crippen LogP contribution in [0.3, 0.4) is 0 Å². The van der Waals surface area contributed by atoms with Gasteiger partial charge in [0.1, 0.15) is 30.0 Å². The van der Waals surface area contributed by atoms with Gasteiger partial charge in [-0.3, -0.25) is 0 Å². The standard InChI is InChI=1S/C6H11ClO5/c7-3(1-8)5(11)6(12)4(10)2-9/h1,3-6,9-12H,2H2/t3-,4-,5+,6+/m1/s1. The molecule has 4 atom stereocenters. The number of aldehydes is 1. The number of aliphatic hydroxyl groups is 4. The lowest BCUT2D eigenvalue weighted by molar-refractivity contribution is -0.114. The highest BCUT2D eigenvalue weighted by molar-refractivity contribution is 6.28. The van der Waals surface area contributed by atoms with E-state index in [1.807, 2.05) is 0 Å². The highest BCUT2D eigenvalue weighted by Crippen LogP contribution is 2.07. The molecular formula is C6H11ClO5. The average molecular weight is 199 g/mol. The summed E-state index contributed by atoms with van der Waals surface area (Å²) in [5.41, 5.74) is 0. The van der Waals surface area contributed by atoms with Gasteiger partial charge in [-0.2, -0.15) is 0 Å². The minimum Gasteiger partial charge on any atom is -0.394 e. The Hall–Kier alpha value is -0.200. The predicted molar refractivity (Wildman–Crippen MR) is 40.8 cm³/mol. The van der Waals surface area contributed by atoms with E-state index in [-0.39, 0.29) is 6.29 Å². The number of carbonyl (C=O) groups excluding carboxylic acids is 1. The fourth-order valence-electron chi connectivity index (χ4n) is 0.604. The number of alkyl halides is 1. The lowest BCUT2D eigenvalue weighted by Gasteiger charge is -2.22. The lowest BCUT2D eigenvalue weighted by Crippen LogP contribution is -2.44. The topological polar surface area (TPSA) is 98.0 Å². The van der Waals surface area contributed by atoms with Crippen molar-refractivity contribution < 1.29 is 25.2 Å². The molecule has 72 valence electrons. The Morgan fingerprint density at radius 3 is 2.08 bits per heavy atom. The van der Waals surface area contributed by atoms with Crippen LogP contribution in [0.25, 0.3) is 0 Å². The third-order valence-corrected chi connectivity index (χ3v) is 1.75. The summed E-state index contributed by atoms with van der Waals surface area (Å²) in [6.07, 6.45) is -4.46. The number of halogens is 1. The normalized spacial score (nSPS) is 21.1. The van der Waals surface area contributed by atoms with E-state index in [2.05, 4.69) is 0 Å². The van der Waals surface area contributed by atoms with Crippen LogP contribution in [0.2, 0.25) is 0 Å². The Morgan fingerprint density at radius 1 is 1.25 bits per heavy atom. The Labute approximate surface area is 74.2 Å². The summed E-state index contributed by atoms with van der Waals surface area (Å²) in [5, 5.41) is 33.9. The van der Waals surface area contributed by atoms with Crippen molar-refractivity contribution in [1.29, 1.82) is 0 Å². The van der Waals surface area contributed by atoms with Gasteiger partial charge >= 0.3 is 0 Å². The average Bonchev–Trinajstić information content (AvgIpc) is 2.12. The molecular weight excluding hydrogens is 188 g/mol. The second-order valence-corrected chi connectivity index (χ2v) is 2.82. The summed E-state index contributed by atoms with van der Waals surface area (Å²) in [6.45, 7) is -0.708. The molecule has 0 heterocycles. The second-order valence-electron chi connectivity index (χ2n) is 2.31. The van der Waals surface area contributed by atoms with Crippen LogP contribution in [-0.4, -0.2) is 57.0 Å². The van der Waals surface area contributed by atoms with Crippen molar-refractivity contribution >= 4 is 17.9 Å². The molecule has 12 heavy (non-hydrogen) atoms. The molecule has 0 unspecified atom stereocenters. The molecule has 0 aliphatic heterocycles. The first-order valence-electron chi connectivity index (χ1n) is 3.29. The maximum atomic E-state index is 10.0. The van der Waals surface area contributed by atoms with Gasteiger partial charge in [-0.25, -0.2) is 0 Å². The molecule has 0 bridgehead atoms. The minimum absolute atomic E-state index is 0.236. The van der Waals surface area contributed by atoms with Crippen LogP contribution in [-0.2, 0) is 4.79 Å². The SMILES string of the molecule is O=C[C@@H](Cl)[C@H](O)[C@@H](O)[C@H](O)CO. The van der Waals surface area contributed by atoms with E-state index in [9.17, 15) is 4.79 Å². The van der Waals surface area contributed by atoms with Gasteiger partial charge in [0.25, 0.3) is 0 Å². The first-order chi connectivity index (χ1) is 5.54. The number of rotatable bonds is 5. The van der Waals surface area contributed by atoms with Gasteiger partial charge in [-0.1, -0.05) is 0 Å². The highest BCUT2D eigenvalue weighted by atomic mass is 35.5. The van der Waals surface area contributed by atoms with Crippen LogP contribution >= 0.6 is 11.6 Å². The summed E-state index contributed by atoms with van der Waals surface area (Å²) >= 11 is 5.24. The van der Waals surface area contributed by atoms with Gasteiger partial charge in [-0.05, 0) is 0 Å². The molecule has 0 amide bonds. The maximum absolute atomic E-state index is 10.0. The molecule has 0 radical (unpaired) electrons. The highest BCUT2D eigenvalue weighted by Gasteiger charge is 2.29. The van der Waals surface area contributed by atoms with E-state index in [0.717, 1.165) is 0 Å². The molecule has 0 aliphatic rings. The van der Waals surface area contributed by atoms with Gasteiger partial charge in [0.05, 0.1) is 6.61 Å². The van der Waals surface area contributed by atoms with Crippen molar-refractivity contribution in [3.05, 3.63) is 0 Å². The molecule has 0 spiro atoms. The summed E-state index contributed by atoms with van der Waals surface area (Å²) in [5.74, 6) is 0. The van der Waals surface area contributed by atoms with E-state index in [1.165, 1.54) is 0 Å². The number of carbonyl (C=O) groups is 1. The predicted octanol–water partition coefficient (Wildman–Crippen LogP) is -2.13. The molecule has 0 aromatic carbocycles. The van der Waals surface area contributed by atoms with Crippen molar-refractivity contribution in [2.45, 2.75) is 23.7 Å². The number of hydrogen-bond donors (Lipinski definition) is 4. The van der Waals surface area contributed by atoms with Gasteiger partial charge in [-0.15, -0.1) is 11.6 Å². The number of aliphatic hydroxyl groups excluding tert-OH is 4. The molecule has 5 nitrogen and oxygen atoms in total. The third kappa shape index (κ3) is 3.04. The Bertz CT molecular complexity index is 142. The first-order valence-corrected chi connectivity index (χ1v) is 3.72. The molecule has 0 saturated heterocycles. The van der Waals surface area contributed by atoms with Gasteiger partial charge in [0.15, 0.2) is 0 Å². The largest absolute Gasteiger partial charge is 0.394 e. The van der Waals surface area contributed by atoms with E-state index in [1.54, 1.807) is 0 Å². The lowest BCUT2D eigenvalue weighted by atomic mass is 10.1. The van der Waals surface area contributed by atoms with E-state index < -0.39 is 30.3 Å². The van der Waals surface area contributed by atoms with E-state index in [0.29, 0.717) is 0 Å². The molecule has 0 rings (SSSR count). The Morgan fingerprint density at radius 2 is 1.75 bits per heavy atom. The van der Waals surface area contributed by atoms with Crippen molar-refractivity contribution in [2.75, 3.05) is 6.61 Å². The fourth-order valence-corrected chi connectivity index (χ4v) is 0.754. The zero-order valence-electron chi connectivity index (χ0n) is 6.17.